The van der Waals surface area contributed by atoms with E-state index in [0.29, 0.717) is 0 Å². The molecule has 0 saturated heterocycles. The van der Waals surface area contributed by atoms with Gasteiger partial charge in [-0.15, -0.1) is 0 Å². The molecule has 1 aromatic carbocycles. The first-order valence-corrected chi connectivity index (χ1v) is 6.89. The highest BCUT2D eigenvalue weighted by Gasteiger charge is 2.21. The first-order valence-electron chi connectivity index (χ1n) is 5.52. The smallest absolute Gasteiger partial charge is 0.277 e. The normalized spacial score (nSPS) is 11.7. The summed E-state index contributed by atoms with van der Waals surface area (Å²) in [5.74, 6) is -0.494. The van der Waals surface area contributed by atoms with Gasteiger partial charge in [0.2, 0.25) is 10.4 Å². The number of rotatable bonds is 6. The molecule has 8 nitrogen and oxygen atoms in total. The van der Waals surface area contributed by atoms with Crippen LogP contribution in [0.2, 0.25) is 0 Å². The molecule has 21 heavy (non-hydrogen) atoms. The van der Waals surface area contributed by atoms with Gasteiger partial charge in [-0.1, -0.05) is 18.7 Å². The van der Waals surface area contributed by atoms with Crippen molar-refractivity contribution in [1.29, 1.82) is 0 Å². The average Bonchev–Trinajstić information content (AvgIpc) is 2.43. The van der Waals surface area contributed by atoms with Gasteiger partial charge in [-0.25, -0.2) is 0 Å². The van der Waals surface area contributed by atoms with Crippen molar-refractivity contribution in [3.8, 4) is 0 Å². The van der Waals surface area contributed by atoms with Crippen LogP contribution in [0.15, 0.2) is 18.2 Å². The van der Waals surface area contributed by atoms with Gasteiger partial charge in [0.1, 0.15) is 0 Å². The monoisotopic (exact) mass is 332 g/mol. The standard InChI is InChI=1S/C11H9ClN2O6S/c1-6(10(12)15)5-21-11(16)7-2-8(13(17)18)4-9(3-7)14(19)20/h2-4,6H,5H2,1H3/t6-/m0/s1. The van der Waals surface area contributed by atoms with Crippen LogP contribution in [0.1, 0.15) is 17.3 Å². The molecule has 0 unspecified atom stereocenters. The van der Waals surface area contributed by atoms with Crippen LogP contribution >= 0.6 is 23.4 Å². The Bertz CT molecular complexity index is 588. The van der Waals surface area contributed by atoms with E-state index in [1.54, 1.807) is 0 Å². The highest BCUT2D eigenvalue weighted by Crippen LogP contribution is 2.26. The van der Waals surface area contributed by atoms with Crippen LogP contribution in [-0.4, -0.2) is 26.0 Å². The maximum atomic E-state index is 11.9. The average molecular weight is 333 g/mol. The molecule has 1 rings (SSSR count). The van der Waals surface area contributed by atoms with E-state index in [2.05, 4.69) is 0 Å². The van der Waals surface area contributed by atoms with Gasteiger partial charge in [0.25, 0.3) is 11.4 Å². The van der Waals surface area contributed by atoms with Crippen molar-refractivity contribution in [1.82, 2.24) is 0 Å². The quantitative estimate of drug-likeness (QED) is 0.446. The zero-order chi connectivity index (χ0) is 16.2. The summed E-state index contributed by atoms with van der Waals surface area (Å²) >= 11 is 5.97. The number of thioether (sulfide) groups is 1. The number of benzene rings is 1. The van der Waals surface area contributed by atoms with Crippen LogP contribution < -0.4 is 0 Å². The number of hydrogen-bond acceptors (Lipinski definition) is 7. The van der Waals surface area contributed by atoms with E-state index < -0.39 is 37.5 Å². The van der Waals surface area contributed by atoms with Crippen molar-refractivity contribution < 1.29 is 19.4 Å². The van der Waals surface area contributed by atoms with Crippen LogP contribution in [0.25, 0.3) is 0 Å². The maximum Gasteiger partial charge on any atom is 0.277 e. The van der Waals surface area contributed by atoms with E-state index in [1.807, 2.05) is 0 Å². The van der Waals surface area contributed by atoms with Gasteiger partial charge in [0.15, 0.2) is 0 Å². The van der Waals surface area contributed by atoms with Crippen LogP contribution in [0.3, 0.4) is 0 Å². The lowest BCUT2D eigenvalue weighted by Gasteiger charge is -2.05. The van der Waals surface area contributed by atoms with Gasteiger partial charge in [0, 0.05) is 29.4 Å². The molecule has 0 saturated carbocycles. The van der Waals surface area contributed by atoms with Crippen LogP contribution in [0, 0.1) is 26.1 Å². The summed E-state index contributed by atoms with van der Waals surface area (Å²) in [6.07, 6.45) is 0. The van der Waals surface area contributed by atoms with Gasteiger partial charge < -0.3 is 0 Å². The Balaban J connectivity index is 3.00. The SMILES string of the molecule is C[C@@H](CSC(=O)c1cc([N+](=O)[O-])cc([N+](=O)[O-])c1)C(=O)Cl. The summed E-state index contributed by atoms with van der Waals surface area (Å²) in [5.41, 5.74) is -1.26. The number of nitro benzene ring substituents is 2. The van der Waals surface area contributed by atoms with Gasteiger partial charge in [-0.05, 0) is 11.6 Å². The third kappa shape index (κ3) is 4.80. The Morgan fingerprint density at radius 1 is 1.19 bits per heavy atom. The first kappa shape index (κ1) is 17.1. The lowest BCUT2D eigenvalue weighted by atomic mass is 10.2. The van der Waals surface area contributed by atoms with E-state index in [4.69, 9.17) is 11.6 Å². The van der Waals surface area contributed by atoms with E-state index in [0.717, 1.165) is 30.0 Å². The van der Waals surface area contributed by atoms with Crippen molar-refractivity contribution >= 4 is 45.1 Å². The summed E-state index contributed by atoms with van der Waals surface area (Å²) in [6, 6.07) is 2.68. The molecular weight excluding hydrogens is 324 g/mol. The summed E-state index contributed by atoms with van der Waals surface area (Å²) in [4.78, 5) is 42.5. The number of carbonyl (C=O) groups excluding carboxylic acids is 2. The minimum Gasteiger partial charge on any atom is -0.282 e. The van der Waals surface area contributed by atoms with E-state index in [9.17, 15) is 29.8 Å². The topological polar surface area (TPSA) is 120 Å². The van der Waals surface area contributed by atoms with E-state index in [-0.39, 0.29) is 11.3 Å². The molecular formula is C11H9ClN2O6S. The second-order valence-electron chi connectivity index (χ2n) is 4.06. The third-order valence-corrected chi connectivity index (χ3v) is 3.95. The summed E-state index contributed by atoms with van der Waals surface area (Å²) in [7, 11) is 0. The van der Waals surface area contributed by atoms with Crippen LogP contribution in [0.4, 0.5) is 11.4 Å². The molecule has 0 heterocycles. The van der Waals surface area contributed by atoms with E-state index >= 15 is 0 Å². The Hall–Kier alpha value is -2.00. The Morgan fingerprint density at radius 2 is 1.67 bits per heavy atom. The van der Waals surface area contributed by atoms with Crippen molar-refractivity contribution in [2.45, 2.75) is 6.92 Å². The number of nitrogens with zero attached hydrogens (tertiary/aromatic N) is 2. The molecule has 0 aliphatic heterocycles. The number of nitro groups is 2. The van der Waals surface area contributed by atoms with E-state index in [1.165, 1.54) is 6.92 Å². The minimum absolute atomic E-state index is 0.0810. The second-order valence-corrected chi connectivity index (χ2v) is 5.42. The van der Waals surface area contributed by atoms with Crippen LogP contribution in [0.5, 0.6) is 0 Å². The van der Waals surface area contributed by atoms with Gasteiger partial charge in [-0.3, -0.25) is 29.8 Å². The molecule has 0 radical (unpaired) electrons. The van der Waals surface area contributed by atoms with Crippen molar-refractivity contribution in [3.05, 3.63) is 44.0 Å². The molecule has 0 bridgehead atoms. The van der Waals surface area contributed by atoms with Crippen LogP contribution in [-0.2, 0) is 4.79 Å². The highest BCUT2D eigenvalue weighted by molar-refractivity contribution is 8.14. The summed E-state index contributed by atoms with van der Waals surface area (Å²) in [6.45, 7) is 1.52. The lowest BCUT2D eigenvalue weighted by Crippen LogP contribution is -2.09. The summed E-state index contributed by atoms with van der Waals surface area (Å²) in [5, 5.41) is 20.2. The van der Waals surface area contributed by atoms with Crippen molar-refractivity contribution in [2.24, 2.45) is 5.92 Å². The first-order chi connectivity index (χ1) is 9.72. The number of halogens is 1. The Labute approximate surface area is 127 Å². The zero-order valence-corrected chi connectivity index (χ0v) is 12.2. The lowest BCUT2D eigenvalue weighted by molar-refractivity contribution is -0.394. The Morgan fingerprint density at radius 3 is 2.05 bits per heavy atom. The number of non-ortho nitro benzene ring substituents is 2. The van der Waals surface area contributed by atoms with Gasteiger partial charge >= 0.3 is 0 Å². The largest absolute Gasteiger partial charge is 0.282 e. The molecule has 0 N–H and O–H groups in total. The predicted octanol–water partition coefficient (Wildman–Crippen LogP) is 2.78. The molecule has 0 aliphatic carbocycles. The molecule has 0 spiro atoms. The van der Waals surface area contributed by atoms with Crippen molar-refractivity contribution in [3.63, 3.8) is 0 Å². The third-order valence-electron chi connectivity index (χ3n) is 2.41. The molecule has 1 aromatic rings. The molecule has 10 heteroatoms. The molecule has 0 amide bonds. The molecule has 112 valence electrons. The van der Waals surface area contributed by atoms with Gasteiger partial charge in [0.05, 0.1) is 15.9 Å². The molecule has 0 fully saturated rings. The fraction of sp³-hybridized carbons (Fsp3) is 0.273. The predicted molar refractivity (Wildman–Crippen MR) is 76.6 cm³/mol. The summed E-state index contributed by atoms with van der Waals surface area (Å²) < 4.78 is 0. The number of hydrogen-bond donors (Lipinski definition) is 0. The number of carbonyl (C=O) groups is 2. The van der Waals surface area contributed by atoms with Crippen molar-refractivity contribution in [2.75, 3.05) is 5.75 Å². The zero-order valence-electron chi connectivity index (χ0n) is 10.6. The maximum absolute atomic E-state index is 11.9. The fourth-order valence-electron chi connectivity index (χ4n) is 1.27. The van der Waals surface area contributed by atoms with Gasteiger partial charge in [-0.2, -0.15) is 0 Å². The highest BCUT2D eigenvalue weighted by atomic mass is 35.5. The molecule has 0 aromatic heterocycles. The Kier molecular flexibility index (Phi) is 5.79. The molecule has 1 atom stereocenters. The molecule has 0 aliphatic rings. The minimum atomic E-state index is -0.820. The second kappa shape index (κ2) is 7.14. The fourth-order valence-corrected chi connectivity index (χ4v) is 2.28.